The molecule has 0 aliphatic carbocycles. The highest BCUT2D eigenvalue weighted by atomic mass is 35.5. The Bertz CT molecular complexity index is 1560. The van der Waals surface area contributed by atoms with Gasteiger partial charge in [0.05, 0.1) is 33.9 Å². The Hall–Kier alpha value is -3.82. The number of hydrazone groups is 1. The second kappa shape index (κ2) is 9.67. The van der Waals surface area contributed by atoms with Gasteiger partial charge in [-0.3, -0.25) is 14.4 Å². The van der Waals surface area contributed by atoms with Crippen molar-refractivity contribution in [3.63, 3.8) is 0 Å². The number of pyridine rings is 1. The number of aromatic nitrogens is 2. The fourth-order valence-electron chi connectivity index (χ4n) is 4.34. The maximum Gasteiger partial charge on any atom is 0.303 e. The molecule has 5 rings (SSSR count). The number of aromatic amines is 1. The average Bonchev–Trinajstić information content (AvgIpc) is 3.50. The first-order valence-corrected chi connectivity index (χ1v) is 12.5. The molecule has 36 heavy (non-hydrogen) atoms. The lowest BCUT2D eigenvalue weighted by atomic mass is 9.93. The van der Waals surface area contributed by atoms with Crippen LogP contribution < -0.4 is 5.56 Å². The third-order valence-corrected chi connectivity index (χ3v) is 7.20. The lowest BCUT2D eigenvalue weighted by molar-refractivity contribution is -0.141. The van der Waals surface area contributed by atoms with Crippen LogP contribution >= 0.6 is 22.9 Å². The summed E-state index contributed by atoms with van der Waals surface area (Å²) in [7, 11) is 0. The fraction of sp³-hybridized carbons (Fsp3) is 0.192. The molecule has 8 nitrogen and oxygen atoms in total. The van der Waals surface area contributed by atoms with Gasteiger partial charge in [-0.05, 0) is 30.2 Å². The van der Waals surface area contributed by atoms with Crippen molar-refractivity contribution >= 4 is 50.9 Å². The molecule has 0 unspecified atom stereocenters. The smallest absolute Gasteiger partial charge is 0.303 e. The first kappa shape index (κ1) is 23.9. The highest BCUT2D eigenvalue weighted by Gasteiger charge is 2.35. The molecule has 0 fully saturated rings. The van der Waals surface area contributed by atoms with E-state index in [0.29, 0.717) is 33.9 Å². The predicted octanol–water partition coefficient (Wildman–Crippen LogP) is 5.16. The van der Waals surface area contributed by atoms with Crippen molar-refractivity contribution in [2.45, 2.75) is 32.2 Å². The predicted molar refractivity (Wildman–Crippen MR) is 139 cm³/mol. The molecule has 0 bridgehead atoms. The van der Waals surface area contributed by atoms with Gasteiger partial charge in [0.15, 0.2) is 5.65 Å². The first-order chi connectivity index (χ1) is 17.3. The normalized spacial score (nSPS) is 15.3. The minimum atomic E-state index is -1.06. The summed E-state index contributed by atoms with van der Waals surface area (Å²) in [5.74, 6) is -1.47. The SMILES string of the molecule is Cc1ccc([C@@H]2CC(c3c(-c4ccc(Cl)cc4)c4scnc4[nH]c3=O)=NN2C(=O)CCC(=O)O)cc1. The number of rotatable bonds is 6. The largest absolute Gasteiger partial charge is 0.481 e. The van der Waals surface area contributed by atoms with E-state index >= 15 is 0 Å². The lowest BCUT2D eigenvalue weighted by Gasteiger charge is -2.22. The molecule has 2 aromatic carbocycles. The number of fused-ring (bicyclic) bond motifs is 1. The van der Waals surface area contributed by atoms with Crippen molar-refractivity contribution < 1.29 is 14.7 Å². The zero-order chi connectivity index (χ0) is 25.4. The van der Waals surface area contributed by atoms with Crippen LogP contribution in [0.4, 0.5) is 0 Å². The summed E-state index contributed by atoms with van der Waals surface area (Å²) in [6.45, 7) is 1.97. The monoisotopic (exact) mass is 520 g/mol. The maximum absolute atomic E-state index is 13.4. The van der Waals surface area contributed by atoms with Gasteiger partial charge in [0.2, 0.25) is 5.91 Å². The van der Waals surface area contributed by atoms with Crippen molar-refractivity contribution in [1.82, 2.24) is 15.0 Å². The second-order valence-corrected chi connectivity index (χ2v) is 9.84. The number of carboxylic acid groups (broad SMARTS) is 1. The van der Waals surface area contributed by atoms with E-state index in [1.165, 1.54) is 16.3 Å². The molecule has 1 aliphatic heterocycles. The van der Waals surface area contributed by atoms with Crippen LogP contribution in [0.2, 0.25) is 5.02 Å². The molecule has 0 spiro atoms. The number of carboxylic acids is 1. The number of aryl methyl sites for hydroxylation is 1. The molecule has 182 valence electrons. The molecule has 2 aromatic heterocycles. The van der Waals surface area contributed by atoms with Gasteiger partial charge >= 0.3 is 5.97 Å². The van der Waals surface area contributed by atoms with Gasteiger partial charge in [-0.15, -0.1) is 11.3 Å². The number of hydrogen-bond acceptors (Lipinski definition) is 6. The van der Waals surface area contributed by atoms with Crippen LogP contribution in [0.15, 0.2) is 63.9 Å². The molecular weight excluding hydrogens is 500 g/mol. The van der Waals surface area contributed by atoms with Crippen LogP contribution in [0.5, 0.6) is 0 Å². The van der Waals surface area contributed by atoms with E-state index in [9.17, 15) is 14.4 Å². The minimum Gasteiger partial charge on any atom is -0.481 e. The average molecular weight is 521 g/mol. The van der Waals surface area contributed by atoms with Gasteiger partial charge in [-0.1, -0.05) is 53.6 Å². The highest BCUT2D eigenvalue weighted by Crippen LogP contribution is 2.38. The lowest BCUT2D eigenvalue weighted by Crippen LogP contribution is -2.27. The number of hydrogen-bond donors (Lipinski definition) is 2. The molecule has 2 N–H and O–H groups in total. The number of carbonyl (C=O) groups is 2. The highest BCUT2D eigenvalue weighted by molar-refractivity contribution is 7.17. The summed E-state index contributed by atoms with van der Waals surface area (Å²) >= 11 is 7.51. The van der Waals surface area contributed by atoms with Gasteiger partial charge in [-0.25, -0.2) is 9.99 Å². The van der Waals surface area contributed by atoms with Crippen molar-refractivity contribution in [2.24, 2.45) is 5.10 Å². The molecule has 1 atom stereocenters. The number of benzene rings is 2. The van der Waals surface area contributed by atoms with E-state index < -0.39 is 17.9 Å². The van der Waals surface area contributed by atoms with Crippen LogP contribution in [-0.2, 0) is 9.59 Å². The van der Waals surface area contributed by atoms with Crippen molar-refractivity contribution in [3.8, 4) is 11.1 Å². The summed E-state index contributed by atoms with van der Waals surface area (Å²) < 4.78 is 0.789. The first-order valence-electron chi connectivity index (χ1n) is 11.3. The van der Waals surface area contributed by atoms with Gasteiger partial charge < -0.3 is 10.1 Å². The molecular formula is C26H21ClN4O4S. The van der Waals surface area contributed by atoms with Crippen LogP contribution in [0.25, 0.3) is 21.5 Å². The van der Waals surface area contributed by atoms with Crippen molar-refractivity contribution in [3.05, 3.63) is 86.1 Å². The Balaban J connectivity index is 1.66. The summed E-state index contributed by atoms with van der Waals surface area (Å²) in [6.07, 6.45) is -0.192. The Morgan fingerprint density at radius 1 is 1.11 bits per heavy atom. The zero-order valence-corrected chi connectivity index (χ0v) is 20.8. The summed E-state index contributed by atoms with van der Waals surface area (Å²) in [4.78, 5) is 44.7. The molecule has 0 radical (unpaired) electrons. The molecule has 1 aliphatic rings. The Labute approximate surface area is 214 Å². The van der Waals surface area contributed by atoms with Crippen LogP contribution in [-0.4, -0.2) is 37.7 Å². The Morgan fingerprint density at radius 3 is 2.53 bits per heavy atom. The van der Waals surface area contributed by atoms with Gasteiger partial charge in [0, 0.05) is 23.4 Å². The molecule has 0 saturated heterocycles. The Kier molecular flexibility index (Phi) is 6.42. The van der Waals surface area contributed by atoms with E-state index in [4.69, 9.17) is 16.7 Å². The van der Waals surface area contributed by atoms with Gasteiger partial charge in [0.25, 0.3) is 5.56 Å². The number of aliphatic carboxylic acids is 1. The van der Waals surface area contributed by atoms with E-state index in [1.807, 2.05) is 43.3 Å². The van der Waals surface area contributed by atoms with Crippen molar-refractivity contribution in [2.75, 3.05) is 0 Å². The standard InChI is InChI=1S/C26H21ClN4O4S/c1-14-2-4-15(5-3-14)19-12-18(30-31(19)20(32)10-11-21(33)34)23-22(16-6-8-17(27)9-7-16)24-25(28-13-36-24)29-26(23)35/h2-9,13,19H,10-12H2,1H3,(H,29,35)(H,33,34)/t19-/m0/s1. The molecule has 1 amide bonds. The second-order valence-electron chi connectivity index (χ2n) is 8.55. The van der Waals surface area contributed by atoms with E-state index in [2.05, 4.69) is 15.1 Å². The maximum atomic E-state index is 13.4. The number of halogens is 1. The third-order valence-electron chi connectivity index (χ3n) is 6.11. The molecule has 0 saturated carbocycles. The Morgan fingerprint density at radius 2 is 1.83 bits per heavy atom. The van der Waals surface area contributed by atoms with Crippen LogP contribution in [0.3, 0.4) is 0 Å². The minimum absolute atomic E-state index is 0.192. The number of thiazole rings is 1. The van der Waals surface area contributed by atoms with Gasteiger partial charge in [-0.2, -0.15) is 5.10 Å². The van der Waals surface area contributed by atoms with E-state index in [0.717, 1.165) is 21.4 Å². The topological polar surface area (TPSA) is 116 Å². The third kappa shape index (κ3) is 4.55. The van der Waals surface area contributed by atoms with Crippen LogP contribution in [0.1, 0.15) is 42.0 Å². The molecule has 4 aromatic rings. The molecule has 10 heteroatoms. The quantitative estimate of drug-likeness (QED) is 0.364. The number of H-pyrrole nitrogens is 1. The van der Waals surface area contributed by atoms with Crippen LogP contribution in [0, 0.1) is 6.92 Å². The zero-order valence-electron chi connectivity index (χ0n) is 19.2. The number of carbonyl (C=O) groups excluding carboxylic acids is 1. The van der Waals surface area contributed by atoms with E-state index in [1.54, 1.807) is 17.6 Å². The fourth-order valence-corrected chi connectivity index (χ4v) is 5.29. The van der Waals surface area contributed by atoms with E-state index in [-0.39, 0.29) is 18.4 Å². The number of amides is 1. The number of nitrogens with zero attached hydrogens (tertiary/aromatic N) is 3. The van der Waals surface area contributed by atoms with Crippen molar-refractivity contribution in [1.29, 1.82) is 0 Å². The number of nitrogens with one attached hydrogen (secondary N) is 1. The molecule has 3 heterocycles. The summed E-state index contributed by atoms with van der Waals surface area (Å²) in [6, 6.07) is 14.5. The van der Waals surface area contributed by atoms with Gasteiger partial charge in [0.1, 0.15) is 0 Å². The summed E-state index contributed by atoms with van der Waals surface area (Å²) in [5, 5.41) is 15.6. The summed E-state index contributed by atoms with van der Waals surface area (Å²) in [5.41, 5.74) is 5.96.